The molecule has 1 heterocycles. The van der Waals surface area contributed by atoms with Crippen LogP contribution in [-0.4, -0.2) is 21.9 Å². The van der Waals surface area contributed by atoms with Crippen molar-refractivity contribution in [1.82, 2.24) is 9.78 Å². The zero-order valence-corrected chi connectivity index (χ0v) is 9.07. The monoisotopic (exact) mass is 196 g/mol. The number of esters is 1. The van der Waals surface area contributed by atoms with Crippen LogP contribution in [0.15, 0.2) is 6.20 Å². The highest BCUT2D eigenvalue weighted by atomic mass is 16.5. The highest BCUT2D eigenvalue weighted by Crippen LogP contribution is 2.08. The van der Waals surface area contributed by atoms with E-state index in [0.29, 0.717) is 5.56 Å². The van der Waals surface area contributed by atoms with Gasteiger partial charge in [0.1, 0.15) is 5.56 Å². The molecule has 0 atom stereocenters. The normalized spacial score (nSPS) is 10.6. The zero-order chi connectivity index (χ0) is 10.7. The van der Waals surface area contributed by atoms with Crippen molar-refractivity contribution in [3.63, 3.8) is 0 Å². The molecule has 0 radical (unpaired) electrons. The zero-order valence-electron chi connectivity index (χ0n) is 9.07. The number of hydrogen-bond donors (Lipinski definition) is 0. The molecule has 0 saturated heterocycles. The van der Waals surface area contributed by atoms with Gasteiger partial charge in [0.05, 0.1) is 11.8 Å². The first-order valence-corrected chi connectivity index (χ1v) is 4.79. The van der Waals surface area contributed by atoms with Crippen LogP contribution in [0.5, 0.6) is 0 Å². The van der Waals surface area contributed by atoms with Gasteiger partial charge in [0.2, 0.25) is 0 Å². The largest absolute Gasteiger partial charge is 0.459 e. The van der Waals surface area contributed by atoms with E-state index in [1.807, 2.05) is 27.7 Å². The molecule has 1 rings (SSSR count). The Morgan fingerprint density at radius 1 is 1.64 bits per heavy atom. The van der Waals surface area contributed by atoms with Crippen LogP contribution >= 0.6 is 0 Å². The smallest absolute Gasteiger partial charge is 0.341 e. The van der Waals surface area contributed by atoms with Crippen molar-refractivity contribution in [2.75, 3.05) is 0 Å². The molecule has 0 spiro atoms. The van der Waals surface area contributed by atoms with Gasteiger partial charge in [-0.3, -0.25) is 4.68 Å². The summed E-state index contributed by atoms with van der Waals surface area (Å²) in [5, 5.41) is 4.17. The Morgan fingerprint density at radius 2 is 2.29 bits per heavy atom. The summed E-state index contributed by atoms with van der Waals surface area (Å²) in [7, 11) is 0. The molecule has 0 aromatic carbocycles. The van der Waals surface area contributed by atoms with Gasteiger partial charge in [-0.25, -0.2) is 4.79 Å². The maximum absolute atomic E-state index is 11.5. The Bertz CT molecular complexity index is 329. The van der Waals surface area contributed by atoms with Crippen LogP contribution in [0.25, 0.3) is 0 Å². The van der Waals surface area contributed by atoms with Crippen LogP contribution in [0, 0.1) is 6.92 Å². The summed E-state index contributed by atoms with van der Waals surface area (Å²) in [5.41, 5.74) is 1.28. The summed E-state index contributed by atoms with van der Waals surface area (Å²) >= 11 is 0. The topological polar surface area (TPSA) is 44.1 Å². The summed E-state index contributed by atoms with van der Waals surface area (Å²) in [6, 6.07) is 0. The van der Waals surface area contributed by atoms with Gasteiger partial charge in [0.25, 0.3) is 0 Å². The van der Waals surface area contributed by atoms with Crippen molar-refractivity contribution < 1.29 is 9.53 Å². The van der Waals surface area contributed by atoms with Crippen molar-refractivity contribution >= 4 is 5.97 Å². The van der Waals surface area contributed by atoms with Gasteiger partial charge in [0.15, 0.2) is 0 Å². The van der Waals surface area contributed by atoms with E-state index in [4.69, 9.17) is 4.74 Å². The fraction of sp³-hybridized carbons (Fsp3) is 0.600. The highest BCUT2D eigenvalue weighted by Gasteiger charge is 2.15. The Morgan fingerprint density at radius 3 is 2.71 bits per heavy atom. The fourth-order valence-electron chi connectivity index (χ4n) is 1.16. The molecule has 0 unspecified atom stereocenters. The van der Waals surface area contributed by atoms with E-state index in [1.165, 1.54) is 0 Å². The van der Waals surface area contributed by atoms with Crippen molar-refractivity contribution in [2.24, 2.45) is 0 Å². The molecule has 0 N–H and O–H groups in total. The predicted molar refractivity (Wildman–Crippen MR) is 53.2 cm³/mol. The molecule has 78 valence electrons. The van der Waals surface area contributed by atoms with Crippen molar-refractivity contribution in [1.29, 1.82) is 0 Å². The summed E-state index contributed by atoms with van der Waals surface area (Å²) in [4.78, 5) is 11.5. The van der Waals surface area contributed by atoms with Gasteiger partial charge in [-0.1, -0.05) is 0 Å². The highest BCUT2D eigenvalue weighted by molar-refractivity contribution is 5.90. The minimum absolute atomic E-state index is 0.0909. The molecule has 0 aliphatic heterocycles. The molecule has 4 nitrogen and oxygen atoms in total. The van der Waals surface area contributed by atoms with E-state index in [2.05, 4.69) is 5.10 Å². The van der Waals surface area contributed by atoms with Gasteiger partial charge in [-0.05, 0) is 27.7 Å². The van der Waals surface area contributed by atoms with E-state index in [-0.39, 0.29) is 12.1 Å². The van der Waals surface area contributed by atoms with Crippen LogP contribution in [-0.2, 0) is 11.3 Å². The lowest BCUT2D eigenvalue weighted by atomic mass is 10.3. The molecule has 0 aliphatic rings. The quantitative estimate of drug-likeness (QED) is 0.692. The number of nitrogens with zero attached hydrogens (tertiary/aromatic N) is 2. The predicted octanol–water partition coefficient (Wildman–Crippen LogP) is 1.78. The standard InChI is InChI=1S/C10H16N2O2/c1-5-12-6-9(8(4)11-12)10(13)14-7(2)3/h6-7H,5H2,1-4H3. The number of aryl methyl sites for hydroxylation is 2. The Balaban J connectivity index is 2.84. The summed E-state index contributed by atoms with van der Waals surface area (Å²) in [6.07, 6.45) is 1.63. The lowest BCUT2D eigenvalue weighted by Crippen LogP contribution is -2.11. The Hall–Kier alpha value is -1.32. The summed E-state index contributed by atoms with van der Waals surface area (Å²) < 4.78 is 6.81. The van der Waals surface area contributed by atoms with E-state index in [9.17, 15) is 4.79 Å². The lowest BCUT2D eigenvalue weighted by molar-refractivity contribution is 0.0377. The van der Waals surface area contributed by atoms with Crippen LogP contribution < -0.4 is 0 Å². The fourth-order valence-corrected chi connectivity index (χ4v) is 1.16. The number of carbonyl (C=O) groups is 1. The van der Waals surface area contributed by atoms with Gasteiger partial charge in [-0.15, -0.1) is 0 Å². The third-order valence-electron chi connectivity index (χ3n) is 1.83. The average Bonchev–Trinajstić information content (AvgIpc) is 2.45. The summed E-state index contributed by atoms with van der Waals surface area (Å²) in [5.74, 6) is -0.294. The number of rotatable bonds is 3. The number of ether oxygens (including phenoxy) is 1. The maximum Gasteiger partial charge on any atom is 0.341 e. The van der Waals surface area contributed by atoms with Crippen LogP contribution in [0.3, 0.4) is 0 Å². The SMILES string of the molecule is CCn1cc(C(=O)OC(C)C)c(C)n1. The second-order valence-corrected chi connectivity index (χ2v) is 3.44. The molecule has 0 bridgehead atoms. The molecule has 0 amide bonds. The van der Waals surface area contributed by atoms with E-state index >= 15 is 0 Å². The molecule has 1 aromatic rings. The maximum atomic E-state index is 11.5. The molecule has 0 fully saturated rings. The van der Waals surface area contributed by atoms with Crippen molar-refractivity contribution in [3.8, 4) is 0 Å². The Kier molecular flexibility index (Phi) is 3.28. The molecular weight excluding hydrogens is 180 g/mol. The van der Waals surface area contributed by atoms with Gasteiger partial charge < -0.3 is 4.74 Å². The molecular formula is C10H16N2O2. The van der Waals surface area contributed by atoms with Crippen molar-refractivity contribution in [3.05, 3.63) is 17.5 Å². The first-order chi connectivity index (χ1) is 6.54. The van der Waals surface area contributed by atoms with Crippen LogP contribution in [0.2, 0.25) is 0 Å². The minimum Gasteiger partial charge on any atom is -0.459 e. The van der Waals surface area contributed by atoms with Crippen LogP contribution in [0.4, 0.5) is 0 Å². The third kappa shape index (κ3) is 2.34. The second-order valence-electron chi connectivity index (χ2n) is 3.44. The molecule has 14 heavy (non-hydrogen) atoms. The lowest BCUT2D eigenvalue weighted by Gasteiger charge is -2.06. The van der Waals surface area contributed by atoms with Gasteiger partial charge >= 0.3 is 5.97 Å². The minimum atomic E-state index is -0.294. The third-order valence-corrected chi connectivity index (χ3v) is 1.83. The van der Waals surface area contributed by atoms with Gasteiger partial charge in [0, 0.05) is 12.7 Å². The molecule has 0 aliphatic carbocycles. The second kappa shape index (κ2) is 4.26. The number of carbonyl (C=O) groups excluding carboxylic acids is 1. The van der Waals surface area contributed by atoms with E-state index in [0.717, 1.165) is 12.2 Å². The Labute approximate surface area is 83.9 Å². The molecule has 4 heteroatoms. The molecule has 0 saturated carbocycles. The first kappa shape index (κ1) is 10.8. The van der Waals surface area contributed by atoms with Gasteiger partial charge in [-0.2, -0.15) is 5.10 Å². The van der Waals surface area contributed by atoms with E-state index < -0.39 is 0 Å². The number of hydrogen-bond acceptors (Lipinski definition) is 3. The average molecular weight is 196 g/mol. The van der Waals surface area contributed by atoms with Crippen molar-refractivity contribution in [2.45, 2.75) is 40.3 Å². The summed E-state index contributed by atoms with van der Waals surface area (Å²) in [6.45, 7) is 8.21. The van der Waals surface area contributed by atoms with Crippen LogP contribution in [0.1, 0.15) is 36.8 Å². The number of aromatic nitrogens is 2. The first-order valence-electron chi connectivity index (χ1n) is 4.79. The molecule has 1 aromatic heterocycles. The van der Waals surface area contributed by atoms with E-state index in [1.54, 1.807) is 10.9 Å².